The van der Waals surface area contributed by atoms with Crippen LogP contribution in [-0.2, 0) is 6.54 Å². The van der Waals surface area contributed by atoms with Gasteiger partial charge in [-0.15, -0.1) is 0 Å². The Morgan fingerprint density at radius 3 is 2.63 bits per heavy atom. The summed E-state index contributed by atoms with van der Waals surface area (Å²) in [6, 6.07) is 9.42. The van der Waals surface area contributed by atoms with E-state index in [1.807, 2.05) is 49.5 Å². The van der Waals surface area contributed by atoms with Crippen LogP contribution >= 0.6 is 15.9 Å². The molecule has 0 fully saturated rings. The molecule has 0 spiro atoms. The van der Waals surface area contributed by atoms with E-state index in [9.17, 15) is 5.11 Å². The van der Waals surface area contributed by atoms with Crippen LogP contribution in [0, 0.1) is 0 Å². The first-order valence-electron chi connectivity index (χ1n) is 5.91. The van der Waals surface area contributed by atoms with Crippen molar-refractivity contribution in [1.82, 2.24) is 4.98 Å². The second-order valence-electron chi connectivity index (χ2n) is 4.44. The van der Waals surface area contributed by atoms with E-state index in [1.165, 1.54) is 0 Å². The third-order valence-corrected chi connectivity index (χ3v) is 3.35. The van der Waals surface area contributed by atoms with E-state index in [2.05, 4.69) is 26.2 Å². The van der Waals surface area contributed by atoms with Crippen molar-refractivity contribution in [2.75, 3.05) is 24.3 Å². The molecule has 0 unspecified atom stereocenters. The average molecular weight is 322 g/mol. The van der Waals surface area contributed by atoms with Crippen LogP contribution in [0.1, 0.15) is 5.56 Å². The van der Waals surface area contributed by atoms with Crippen LogP contribution in [0.15, 0.2) is 41.0 Å². The Balaban J connectivity index is 2.00. The van der Waals surface area contributed by atoms with Gasteiger partial charge < -0.3 is 15.3 Å². The van der Waals surface area contributed by atoms with Gasteiger partial charge in [-0.25, -0.2) is 4.98 Å². The highest BCUT2D eigenvalue weighted by molar-refractivity contribution is 9.10. The molecule has 1 heterocycles. The van der Waals surface area contributed by atoms with Crippen molar-refractivity contribution in [1.29, 1.82) is 0 Å². The van der Waals surface area contributed by atoms with E-state index in [-0.39, 0.29) is 5.75 Å². The van der Waals surface area contributed by atoms with Gasteiger partial charge in [-0.3, -0.25) is 0 Å². The van der Waals surface area contributed by atoms with Gasteiger partial charge >= 0.3 is 0 Å². The molecule has 0 saturated carbocycles. The molecule has 0 radical (unpaired) electrons. The lowest BCUT2D eigenvalue weighted by Crippen LogP contribution is -2.10. The molecule has 4 nitrogen and oxygen atoms in total. The monoisotopic (exact) mass is 321 g/mol. The van der Waals surface area contributed by atoms with Gasteiger partial charge in [0.15, 0.2) is 0 Å². The van der Waals surface area contributed by atoms with Crippen molar-refractivity contribution >= 4 is 27.4 Å². The molecule has 0 aliphatic rings. The summed E-state index contributed by atoms with van der Waals surface area (Å²) < 4.78 is 0.702. The van der Waals surface area contributed by atoms with Gasteiger partial charge in [-0.1, -0.05) is 6.07 Å². The maximum absolute atomic E-state index is 9.43. The number of anilines is 2. The summed E-state index contributed by atoms with van der Waals surface area (Å²) >= 11 is 3.30. The van der Waals surface area contributed by atoms with E-state index < -0.39 is 0 Å². The molecule has 5 heteroatoms. The molecular weight excluding hydrogens is 306 g/mol. The zero-order chi connectivity index (χ0) is 13.8. The highest BCUT2D eigenvalue weighted by atomic mass is 79.9. The Labute approximate surface area is 121 Å². The Kier molecular flexibility index (Phi) is 4.27. The molecular formula is C14H16BrN3O. The van der Waals surface area contributed by atoms with Crippen LogP contribution in [-0.4, -0.2) is 24.2 Å². The van der Waals surface area contributed by atoms with Crippen molar-refractivity contribution < 1.29 is 5.11 Å². The number of aromatic hydroxyl groups is 1. The number of nitrogens with zero attached hydrogens (tertiary/aromatic N) is 2. The summed E-state index contributed by atoms with van der Waals surface area (Å²) in [6.45, 7) is 0.682. The molecule has 2 N–H and O–H groups in total. The molecule has 2 rings (SSSR count). The number of hydrogen-bond donors (Lipinski definition) is 2. The number of hydrogen-bond acceptors (Lipinski definition) is 4. The summed E-state index contributed by atoms with van der Waals surface area (Å²) in [5, 5.41) is 12.7. The van der Waals surface area contributed by atoms with Crippen LogP contribution in [0.5, 0.6) is 5.75 Å². The molecule has 1 aromatic carbocycles. The summed E-state index contributed by atoms with van der Waals surface area (Å²) in [6.07, 6.45) is 1.81. The topological polar surface area (TPSA) is 48.4 Å². The summed E-state index contributed by atoms with van der Waals surface area (Å²) in [5.74, 6) is 1.18. The summed E-state index contributed by atoms with van der Waals surface area (Å²) in [7, 11) is 3.92. The van der Waals surface area contributed by atoms with Gasteiger partial charge in [-0.05, 0) is 45.8 Å². The van der Waals surface area contributed by atoms with Crippen molar-refractivity contribution in [3.63, 3.8) is 0 Å². The third kappa shape index (κ3) is 3.61. The quantitative estimate of drug-likeness (QED) is 0.907. The lowest BCUT2D eigenvalue weighted by molar-refractivity contribution is 0.471. The highest BCUT2D eigenvalue weighted by Crippen LogP contribution is 2.24. The predicted molar refractivity (Wildman–Crippen MR) is 81.7 cm³/mol. The van der Waals surface area contributed by atoms with E-state index in [0.29, 0.717) is 11.0 Å². The molecule has 100 valence electrons. The summed E-state index contributed by atoms with van der Waals surface area (Å²) in [4.78, 5) is 6.30. The third-order valence-electron chi connectivity index (χ3n) is 2.71. The smallest absolute Gasteiger partial charge is 0.129 e. The fourth-order valence-electron chi connectivity index (χ4n) is 1.62. The van der Waals surface area contributed by atoms with E-state index in [0.717, 1.165) is 17.1 Å². The zero-order valence-corrected chi connectivity index (χ0v) is 12.5. The SMILES string of the molecule is CN(C)c1ccc(NCc2ccc(O)c(Br)c2)cn1. The number of rotatable bonds is 4. The van der Waals surface area contributed by atoms with Crippen LogP contribution < -0.4 is 10.2 Å². The number of benzene rings is 1. The number of halogens is 1. The minimum Gasteiger partial charge on any atom is -0.507 e. The average Bonchev–Trinajstić information content (AvgIpc) is 2.40. The van der Waals surface area contributed by atoms with Gasteiger partial charge in [0.2, 0.25) is 0 Å². The van der Waals surface area contributed by atoms with Crippen molar-refractivity contribution in [2.45, 2.75) is 6.54 Å². The van der Waals surface area contributed by atoms with Crippen LogP contribution in [0.4, 0.5) is 11.5 Å². The van der Waals surface area contributed by atoms with Crippen molar-refractivity contribution in [2.24, 2.45) is 0 Å². The second-order valence-corrected chi connectivity index (χ2v) is 5.29. The number of aromatic nitrogens is 1. The van der Waals surface area contributed by atoms with E-state index in [4.69, 9.17) is 0 Å². The van der Waals surface area contributed by atoms with Gasteiger partial charge in [0.25, 0.3) is 0 Å². The Morgan fingerprint density at radius 1 is 1.26 bits per heavy atom. The normalized spacial score (nSPS) is 10.3. The van der Waals surface area contributed by atoms with Gasteiger partial charge in [0, 0.05) is 20.6 Å². The fraction of sp³-hybridized carbons (Fsp3) is 0.214. The van der Waals surface area contributed by atoms with E-state index >= 15 is 0 Å². The molecule has 0 bridgehead atoms. The highest BCUT2D eigenvalue weighted by Gasteiger charge is 2.01. The van der Waals surface area contributed by atoms with Crippen LogP contribution in [0.2, 0.25) is 0 Å². The first-order valence-corrected chi connectivity index (χ1v) is 6.70. The fourth-order valence-corrected chi connectivity index (χ4v) is 2.05. The Morgan fingerprint density at radius 2 is 2.05 bits per heavy atom. The molecule has 0 aliphatic heterocycles. The molecule has 19 heavy (non-hydrogen) atoms. The molecule has 2 aromatic rings. The van der Waals surface area contributed by atoms with Gasteiger partial charge in [-0.2, -0.15) is 0 Å². The first kappa shape index (κ1) is 13.7. The van der Waals surface area contributed by atoms with E-state index in [1.54, 1.807) is 6.07 Å². The number of phenols is 1. The number of phenolic OH excluding ortho intramolecular Hbond substituents is 1. The lowest BCUT2D eigenvalue weighted by atomic mass is 10.2. The number of pyridine rings is 1. The van der Waals surface area contributed by atoms with Gasteiger partial charge in [0.05, 0.1) is 16.4 Å². The minimum absolute atomic E-state index is 0.251. The lowest BCUT2D eigenvalue weighted by Gasteiger charge is -2.12. The van der Waals surface area contributed by atoms with Gasteiger partial charge in [0.1, 0.15) is 11.6 Å². The van der Waals surface area contributed by atoms with Crippen LogP contribution in [0.3, 0.4) is 0 Å². The first-order chi connectivity index (χ1) is 9.06. The van der Waals surface area contributed by atoms with Crippen molar-refractivity contribution in [3.8, 4) is 5.75 Å². The maximum atomic E-state index is 9.43. The molecule has 0 amide bonds. The van der Waals surface area contributed by atoms with Crippen molar-refractivity contribution in [3.05, 3.63) is 46.6 Å². The molecule has 0 saturated heterocycles. The molecule has 1 aromatic heterocycles. The Hall–Kier alpha value is -1.75. The number of nitrogens with one attached hydrogen (secondary N) is 1. The molecule has 0 aliphatic carbocycles. The zero-order valence-electron chi connectivity index (χ0n) is 10.9. The standard InChI is InChI=1S/C14H16BrN3O/c1-18(2)14-6-4-11(9-17-14)16-8-10-3-5-13(19)12(15)7-10/h3-7,9,16,19H,8H2,1-2H3. The second kappa shape index (κ2) is 5.93. The largest absolute Gasteiger partial charge is 0.507 e. The predicted octanol–water partition coefficient (Wildman–Crippen LogP) is 3.23. The van der Waals surface area contributed by atoms with Crippen LogP contribution in [0.25, 0.3) is 0 Å². The Bertz CT molecular complexity index is 555. The maximum Gasteiger partial charge on any atom is 0.129 e. The summed E-state index contributed by atoms with van der Waals surface area (Å²) in [5.41, 5.74) is 2.05. The molecule has 0 atom stereocenters. The minimum atomic E-state index is 0.251.